The van der Waals surface area contributed by atoms with Crippen molar-refractivity contribution in [2.75, 3.05) is 26.0 Å². The first-order chi connectivity index (χ1) is 9.02. The molecule has 106 valence electrons. The van der Waals surface area contributed by atoms with Gasteiger partial charge in [0.25, 0.3) is 0 Å². The Labute approximate surface area is 117 Å². The smallest absolute Gasteiger partial charge is 0.226 e. The Morgan fingerprint density at radius 3 is 2.42 bits per heavy atom. The van der Waals surface area contributed by atoms with Crippen LogP contribution in [0.4, 0.5) is 5.69 Å². The van der Waals surface area contributed by atoms with Crippen molar-refractivity contribution in [3.63, 3.8) is 0 Å². The average molecular weight is 262 g/mol. The van der Waals surface area contributed by atoms with Crippen LogP contribution in [0.5, 0.6) is 0 Å². The summed E-state index contributed by atoms with van der Waals surface area (Å²) in [6.07, 6.45) is 2.95. The minimum atomic E-state index is 0.136. The summed E-state index contributed by atoms with van der Waals surface area (Å²) in [5.41, 5.74) is 2.19. The van der Waals surface area contributed by atoms with Crippen molar-refractivity contribution >= 4 is 11.6 Å². The van der Waals surface area contributed by atoms with E-state index in [0.717, 1.165) is 17.8 Å². The summed E-state index contributed by atoms with van der Waals surface area (Å²) in [5.74, 6) is 0.831. The van der Waals surface area contributed by atoms with Crippen LogP contribution in [-0.4, -0.2) is 31.4 Å². The predicted octanol–water partition coefficient (Wildman–Crippen LogP) is 3.17. The summed E-state index contributed by atoms with van der Waals surface area (Å²) in [6.45, 7) is 5.48. The van der Waals surface area contributed by atoms with E-state index < -0.39 is 0 Å². The molecule has 3 nitrogen and oxygen atoms in total. The second-order valence-corrected chi connectivity index (χ2v) is 5.44. The van der Waals surface area contributed by atoms with Gasteiger partial charge >= 0.3 is 0 Å². The number of benzene rings is 1. The second kappa shape index (κ2) is 7.82. The number of carbonyl (C=O) groups excluding carboxylic acids is 1. The fraction of sp³-hybridized carbons (Fsp3) is 0.562. The number of hydrogen-bond donors (Lipinski definition) is 1. The van der Waals surface area contributed by atoms with Crippen LogP contribution < -0.4 is 5.32 Å². The van der Waals surface area contributed by atoms with Crippen LogP contribution in [0.1, 0.15) is 32.3 Å². The minimum Gasteiger partial charge on any atom is -0.385 e. The van der Waals surface area contributed by atoms with Crippen LogP contribution in [0.2, 0.25) is 0 Å². The van der Waals surface area contributed by atoms with E-state index in [2.05, 4.69) is 31.3 Å². The Hall–Kier alpha value is -1.51. The molecule has 0 saturated carbocycles. The van der Waals surface area contributed by atoms with E-state index in [1.165, 1.54) is 12.8 Å². The van der Waals surface area contributed by atoms with Crippen LogP contribution in [0.25, 0.3) is 0 Å². The van der Waals surface area contributed by atoms with E-state index in [9.17, 15) is 4.79 Å². The summed E-state index contributed by atoms with van der Waals surface area (Å²) in [4.78, 5) is 13.2. The first kappa shape index (κ1) is 15.5. The Bertz CT molecular complexity index is 384. The maximum absolute atomic E-state index is 11.6. The fourth-order valence-corrected chi connectivity index (χ4v) is 1.96. The van der Waals surface area contributed by atoms with Gasteiger partial charge in [0.05, 0.1) is 6.42 Å². The van der Waals surface area contributed by atoms with Gasteiger partial charge in [0.2, 0.25) is 5.91 Å². The molecule has 1 aromatic carbocycles. The van der Waals surface area contributed by atoms with Gasteiger partial charge in [-0.05, 0) is 30.0 Å². The number of amides is 1. The molecule has 1 rings (SSSR count). The SMILES string of the molecule is CCCC(C)CNc1ccc(CC(=O)N(C)C)cc1. The van der Waals surface area contributed by atoms with Crippen LogP contribution >= 0.6 is 0 Å². The highest BCUT2D eigenvalue weighted by Gasteiger charge is 2.05. The van der Waals surface area contributed by atoms with Crippen LogP contribution in [0.3, 0.4) is 0 Å². The molecule has 0 radical (unpaired) electrons. The molecule has 1 N–H and O–H groups in total. The minimum absolute atomic E-state index is 0.136. The molecule has 0 spiro atoms. The van der Waals surface area contributed by atoms with Crippen molar-refractivity contribution in [2.45, 2.75) is 33.1 Å². The lowest BCUT2D eigenvalue weighted by Gasteiger charge is -2.13. The van der Waals surface area contributed by atoms with E-state index in [1.807, 2.05) is 12.1 Å². The van der Waals surface area contributed by atoms with Gasteiger partial charge in [-0.15, -0.1) is 0 Å². The third-order valence-electron chi connectivity index (χ3n) is 3.24. The lowest BCUT2D eigenvalue weighted by molar-refractivity contribution is -0.127. The Kier molecular flexibility index (Phi) is 6.40. The molecular formula is C16H26N2O. The number of nitrogens with one attached hydrogen (secondary N) is 1. The van der Waals surface area contributed by atoms with Gasteiger partial charge in [-0.25, -0.2) is 0 Å². The van der Waals surface area contributed by atoms with E-state index in [-0.39, 0.29) is 5.91 Å². The number of hydrogen-bond acceptors (Lipinski definition) is 2. The number of likely N-dealkylation sites (N-methyl/N-ethyl adjacent to an activating group) is 1. The summed E-state index contributed by atoms with van der Waals surface area (Å²) in [5, 5.41) is 3.44. The number of rotatable bonds is 7. The highest BCUT2D eigenvalue weighted by Crippen LogP contribution is 2.12. The zero-order chi connectivity index (χ0) is 14.3. The van der Waals surface area contributed by atoms with E-state index in [4.69, 9.17) is 0 Å². The van der Waals surface area contributed by atoms with E-state index in [0.29, 0.717) is 12.3 Å². The van der Waals surface area contributed by atoms with Gasteiger partial charge in [0, 0.05) is 26.3 Å². The highest BCUT2D eigenvalue weighted by molar-refractivity contribution is 5.78. The second-order valence-electron chi connectivity index (χ2n) is 5.44. The molecule has 0 bridgehead atoms. The number of nitrogens with zero attached hydrogens (tertiary/aromatic N) is 1. The molecule has 0 fully saturated rings. The van der Waals surface area contributed by atoms with Crippen molar-refractivity contribution < 1.29 is 4.79 Å². The lowest BCUT2D eigenvalue weighted by Crippen LogP contribution is -2.23. The van der Waals surface area contributed by atoms with Gasteiger partial charge in [0.1, 0.15) is 0 Å². The van der Waals surface area contributed by atoms with Crippen molar-refractivity contribution in [2.24, 2.45) is 5.92 Å². The molecule has 3 heteroatoms. The average Bonchev–Trinajstić information content (AvgIpc) is 2.38. The van der Waals surface area contributed by atoms with Gasteiger partial charge in [-0.1, -0.05) is 32.4 Å². The summed E-state index contributed by atoms with van der Waals surface area (Å²) < 4.78 is 0. The van der Waals surface area contributed by atoms with E-state index in [1.54, 1.807) is 19.0 Å². The molecule has 0 aliphatic carbocycles. The van der Waals surface area contributed by atoms with Gasteiger partial charge in [-0.2, -0.15) is 0 Å². The Morgan fingerprint density at radius 1 is 1.26 bits per heavy atom. The lowest BCUT2D eigenvalue weighted by atomic mass is 10.1. The molecule has 0 heterocycles. The van der Waals surface area contributed by atoms with Crippen LogP contribution in [0.15, 0.2) is 24.3 Å². The molecule has 0 saturated heterocycles. The molecule has 1 aromatic rings. The largest absolute Gasteiger partial charge is 0.385 e. The van der Waals surface area contributed by atoms with Gasteiger partial charge in [-0.3, -0.25) is 4.79 Å². The number of carbonyl (C=O) groups is 1. The monoisotopic (exact) mass is 262 g/mol. The van der Waals surface area contributed by atoms with Gasteiger partial charge in [0.15, 0.2) is 0 Å². The zero-order valence-electron chi connectivity index (χ0n) is 12.6. The summed E-state index contributed by atoms with van der Waals surface area (Å²) in [6, 6.07) is 8.15. The normalized spacial score (nSPS) is 12.0. The molecule has 0 aromatic heterocycles. The van der Waals surface area contributed by atoms with E-state index >= 15 is 0 Å². The summed E-state index contributed by atoms with van der Waals surface area (Å²) in [7, 11) is 3.57. The van der Waals surface area contributed by atoms with Crippen LogP contribution in [-0.2, 0) is 11.2 Å². The standard InChI is InChI=1S/C16H26N2O/c1-5-6-13(2)12-17-15-9-7-14(8-10-15)11-16(19)18(3)4/h7-10,13,17H,5-6,11-12H2,1-4H3. The maximum Gasteiger partial charge on any atom is 0.226 e. The predicted molar refractivity (Wildman–Crippen MR) is 81.4 cm³/mol. The molecule has 19 heavy (non-hydrogen) atoms. The zero-order valence-corrected chi connectivity index (χ0v) is 12.6. The summed E-state index contributed by atoms with van der Waals surface area (Å²) >= 11 is 0. The topological polar surface area (TPSA) is 32.3 Å². The Balaban J connectivity index is 2.45. The Morgan fingerprint density at radius 2 is 1.89 bits per heavy atom. The van der Waals surface area contributed by atoms with Crippen molar-refractivity contribution in [1.82, 2.24) is 4.90 Å². The highest BCUT2D eigenvalue weighted by atomic mass is 16.2. The van der Waals surface area contributed by atoms with Crippen LogP contribution in [0, 0.1) is 5.92 Å². The van der Waals surface area contributed by atoms with Gasteiger partial charge < -0.3 is 10.2 Å². The molecule has 1 amide bonds. The van der Waals surface area contributed by atoms with Crippen molar-refractivity contribution in [3.05, 3.63) is 29.8 Å². The molecule has 0 aliphatic heterocycles. The fourth-order valence-electron chi connectivity index (χ4n) is 1.96. The first-order valence-electron chi connectivity index (χ1n) is 7.06. The van der Waals surface area contributed by atoms with Crippen molar-refractivity contribution in [1.29, 1.82) is 0 Å². The molecule has 1 unspecified atom stereocenters. The molecular weight excluding hydrogens is 236 g/mol. The first-order valence-corrected chi connectivity index (χ1v) is 7.06. The quantitative estimate of drug-likeness (QED) is 0.818. The molecule has 1 atom stereocenters. The number of anilines is 1. The molecule has 0 aliphatic rings. The maximum atomic E-state index is 11.6. The van der Waals surface area contributed by atoms with Crippen molar-refractivity contribution in [3.8, 4) is 0 Å². The third kappa shape index (κ3) is 5.77. The third-order valence-corrected chi connectivity index (χ3v) is 3.24.